The Kier molecular flexibility index (Phi) is 3.40. The van der Waals surface area contributed by atoms with E-state index in [-0.39, 0.29) is 5.41 Å². The fourth-order valence-electron chi connectivity index (χ4n) is 2.48. The molecule has 1 aromatic carbocycles. The first-order chi connectivity index (χ1) is 9.99. The molecule has 21 heavy (non-hydrogen) atoms. The summed E-state index contributed by atoms with van der Waals surface area (Å²) in [7, 11) is 0. The fraction of sp³-hybridized carbons (Fsp3) is 0.471. The van der Waals surface area contributed by atoms with Crippen LogP contribution in [0, 0.1) is 0 Å². The van der Waals surface area contributed by atoms with Gasteiger partial charge in [0.1, 0.15) is 13.2 Å². The van der Waals surface area contributed by atoms with Crippen LogP contribution in [-0.4, -0.2) is 24.7 Å². The lowest BCUT2D eigenvalue weighted by atomic mass is 9.90. The van der Waals surface area contributed by atoms with Crippen molar-refractivity contribution in [3.05, 3.63) is 23.9 Å². The lowest BCUT2D eigenvalue weighted by Gasteiger charge is -2.23. The predicted octanol–water partition coefficient (Wildman–Crippen LogP) is 3.74. The molecule has 3 rings (SSSR count). The van der Waals surface area contributed by atoms with E-state index in [1.54, 1.807) is 0 Å². The van der Waals surface area contributed by atoms with Crippen LogP contribution in [0.1, 0.15) is 33.4 Å². The zero-order chi connectivity index (χ0) is 15.0. The van der Waals surface area contributed by atoms with Gasteiger partial charge in [-0.05, 0) is 19.1 Å². The Balaban J connectivity index is 2.23. The molecule has 1 aliphatic heterocycles. The van der Waals surface area contributed by atoms with Gasteiger partial charge in [-0.1, -0.05) is 20.8 Å². The number of benzene rings is 1. The van der Waals surface area contributed by atoms with Gasteiger partial charge in [-0.15, -0.1) is 0 Å². The molecule has 2 aromatic rings. The Morgan fingerprint density at radius 2 is 1.76 bits per heavy atom. The largest absolute Gasteiger partial charge is 0.486 e. The van der Waals surface area contributed by atoms with Crippen LogP contribution >= 0.6 is 0 Å². The Hall–Kier alpha value is -1.97. The summed E-state index contributed by atoms with van der Waals surface area (Å²) in [6, 6.07) is 6.16. The normalized spacial score (nSPS) is 14.3. The van der Waals surface area contributed by atoms with E-state index in [9.17, 15) is 0 Å². The highest BCUT2D eigenvalue weighted by atomic mass is 16.6. The summed E-state index contributed by atoms with van der Waals surface area (Å²) < 4.78 is 11.4. The third kappa shape index (κ3) is 2.62. The van der Waals surface area contributed by atoms with E-state index in [1.807, 2.05) is 12.1 Å². The average molecular weight is 286 g/mol. The van der Waals surface area contributed by atoms with Gasteiger partial charge in [0.05, 0.1) is 5.52 Å². The third-order valence-corrected chi connectivity index (χ3v) is 3.61. The molecule has 0 bridgehead atoms. The Labute approximate surface area is 125 Å². The summed E-state index contributed by atoms with van der Waals surface area (Å²) in [4.78, 5) is 4.82. The predicted molar refractivity (Wildman–Crippen MR) is 85.6 cm³/mol. The van der Waals surface area contributed by atoms with Gasteiger partial charge in [0.15, 0.2) is 11.5 Å². The number of pyridine rings is 1. The summed E-state index contributed by atoms with van der Waals surface area (Å²) in [5.41, 5.74) is 3.13. The first kappa shape index (κ1) is 14.0. The number of hydrogen-bond donors (Lipinski definition) is 1. The van der Waals surface area contributed by atoms with Crippen molar-refractivity contribution in [2.45, 2.75) is 33.1 Å². The minimum Gasteiger partial charge on any atom is -0.486 e. The molecule has 112 valence electrons. The van der Waals surface area contributed by atoms with Crippen LogP contribution in [0.5, 0.6) is 11.5 Å². The zero-order valence-electron chi connectivity index (χ0n) is 13.1. The van der Waals surface area contributed by atoms with E-state index in [0.29, 0.717) is 13.2 Å². The molecule has 1 aliphatic rings. The highest BCUT2D eigenvalue weighted by Gasteiger charge is 2.20. The van der Waals surface area contributed by atoms with Crippen molar-refractivity contribution < 1.29 is 9.47 Å². The smallest absolute Gasteiger partial charge is 0.163 e. The lowest BCUT2D eigenvalue weighted by Crippen LogP contribution is -2.16. The van der Waals surface area contributed by atoms with Crippen LogP contribution in [0.25, 0.3) is 10.9 Å². The lowest BCUT2D eigenvalue weighted by molar-refractivity contribution is 0.172. The van der Waals surface area contributed by atoms with Crippen molar-refractivity contribution in [1.82, 2.24) is 4.98 Å². The highest BCUT2D eigenvalue weighted by Crippen LogP contribution is 2.38. The van der Waals surface area contributed by atoms with E-state index in [0.717, 1.165) is 40.3 Å². The second kappa shape index (κ2) is 5.10. The molecule has 0 spiro atoms. The molecule has 0 atom stereocenters. The molecular formula is C17H22N2O2. The van der Waals surface area contributed by atoms with Crippen molar-refractivity contribution in [2.24, 2.45) is 0 Å². The van der Waals surface area contributed by atoms with Crippen LogP contribution in [0.2, 0.25) is 0 Å². The van der Waals surface area contributed by atoms with Gasteiger partial charge in [-0.25, -0.2) is 0 Å². The van der Waals surface area contributed by atoms with Gasteiger partial charge in [0.25, 0.3) is 0 Å². The minimum atomic E-state index is 0.00558. The summed E-state index contributed by atoms with van der Waals surface area (Å²) >= 11 is 0. The molecule has 1 N–H and O–H groups in total. The van der Waals surface area contributed by atoms with E-state index < -0.39 is 0 Å². The van der Waals surface area contributed by atoms with Crippen molar-refractivity contribution in [1.29, 1.82) is 0 Å². The molecular weight excluding hydrogens is 264 g/mol. The van der Waals surface area contributed by atoms with Gasteiger partial charge >= 0.3 is 0 Å². The number of nitrogens with one attached hydrogen (secondary N) is 1. The molecule has 4 nitrogen and oxygen atoms in total. The molecule has 4 heteroatoms. The Morgan fingerprint density at radius 3 is 2.38 bits per heavy atom. The topological polar surface area (TPSA) is 43.4 Å². The number of anilines is 1. The van der Waals surface area contributed by atoms with Crippen LogP contribution in [0.3, 0.4) is 0 Å². The maximum Gasteiger partial charge on any atom is 0.163 e. The summed E-state index contributed by atoms with van der Waals surface area (Å²) in [5.74, 6) is 1.59. The van der Waals surface area contributed by atoms with Gasteiger partial charge in [-0.2, -0.15) is 0 Å². The first-order valence-electron chi connectivity index (χ1n) is 7.48. The fourth-order valence-corrected chi connectivity index (χ4v) is 2.48. The maximum atomic E-state index is 5.68. The molecule has 0 aliphatic carbocycles. The van der Waals surface area contributed by atoms with E-state index in [2.05, 4.69) is 39.1 Å². The first-order valence-corrected chi connectivity index (χ1v) is 7.48. The summed E-state index contributed by atoms with van der Waals surface area (Å²) in [5, 5.41) is 4.51. The van der Waals surface area contributed by atoms with Crippen molar-refractivity contribution in [2.75, 3.05) is 25.1 Å². The quantitative estimate of drug-likeness (QED) is 0.913. The SMILES string of the molecule is CCNc1cc(C(C)(C)C)nc2cc3c(cc12)OCCO3. The van der Waals surface area contributed by atoms with E-state index in [4.69, 9.17) is 14.5 Å². The maximum absolute atomic E-state index is 5.68. The van der Waals surface area contributed by atoms with Gasteiger partial charge in [0, 0.05) is 34.8 Å². The molecule has 1 aromatic heterocycles. The summed E-state index contributed by atoms with van der Waals surface area (Å²) in [6.07, 6.45) is 0. The second-order valence-corrected chi connectivity index (χ2v) is 6.35. The van der Waals surface area contributed by atoms with Crippen LogP contribution in [0.15, 0.2) is 18.2 Å². The molecule has 2 heterocycles. The number of rotatable bonds is 2. The zero-order valence-corrected chi connectivity index (χ0v) is 13.1. The standard InChI is InChI=1S/C17H22N2O2/c1-5-18-12-10-16(17(2,3)4)19-13-9-15-14(8-11(12)13)20-6-7-21-15/h8-10H,5-7H2,1-4H3,(H,18,19). The summed E-state index contributed by atoms with van der Waals surface area (Å²) in [6.45, 7) is 10.7. The van der Waals surface area contributed by atoms with Crippen LogP contribution in [0.4, 0.5) is 5.69 Å². The molecule has 0 radical (unpaired) electrons. The number of aromatic nitrogens is 1. The van der Waals surface area contributed by atoms with Gasteiger partial charge < -0.3 is 14.8 Å². The van der Waals surface area contributed by atoms with Gasteiger partial charge in [0.2, 0.25) is 0 Å². The number of fused-ring (bicyclic) bond motifs is 2. The minimum absolute atomic E-state index is 0.00558. The van der Waals surface area contributed by atoms with Crippen molar-refractivity contribution in [3.8, 4) is 11.5 Å². The van der Waals surface area contributed by atoms with Crippen LogP contribution < -0.4 is 14.8 Å². The number of ether oxygens (including phenoxy) is 2. The highest BCUT2D eigenvalue weighted by molar-refractivity contribution is 5.94. The van der Waals surface area contributed by atoms with E-state index in [1.165, 1.54) is 0 Å². The second-order valence-electron chi connectivity index (χ2n) is 6.35. The van der Waals surface area contributed by atoms with Crippen molar-refractivity contribution >= 4 is 16.6 Å². The molecule has 0 saturated heterocycles. The molecule has 0 saturated carbocycles. The number of nitrogens with zero attached hydrogens (tertiary/aromatic N) is 1. The molecule has 0 amide bonds. The van der Waals surface area contributed by atoms with E-state index >= 15 is 0 Å². The van der Waals surface area contributed by atoms with Crippen LogP contribution in [-0.2, 0) is 5.41 Å². The third-order valence-electron chi connectivity index (χ3n) is 3.61. The average Bonchev–Trinajstić information content (AvgIpc) is 2.44. The Morgan fingerprint density at radius 1 is 1.10 bits per heavy atom. The monoisotopic (exact) mass is 286 g/mol. The molecule has 0 fully saturated rings. The van der Waals surface area contributed by atoms with Gasteiger partial charge in [-0.3, -0.25) is 4.98 Å². The Bertz CT molecular complexity index is 675. The molecule has 0 unspecified atom stereocenters. The number of hydrogen-bond acceptors (Lipinski definition) is 4. The van der Waals surface area contributed by atoms with Crippen molar-refractivity contribution in [3.63, 3.8) is 0 Å².